The number of nitrogens with zero attached hydrogens (tertiary/aromatic N) is 6. The van der Waals surface area contributed by atoms with E-state index in [0.717, 1.165) is 71.8 Å². The molecule has 1 aliphatic rings. The topological polar surface area (TPSA) is 107 Å². The van der Waals surface area contributed by atoms with Crippen molar-refractivity contribution in [3.05, 3.63) is 128 Å². The fourth-order valence-corrected chi connectivity index (χ4v) is 8.91. The molecule has 0 bridgehead atoms. The highest BCUT2D eigenvalue weighted by Crippen LogP contribution is 2.46. The van der Waals surface area contributed by atoms with E-state index in [9.17, 15) is 9.90 Å². The number of para-hydroxylation sites is 1. The minimum absolute atomic E-state index is 0.125. The number of carbonyl (C=O) groups excluding carboxylic acids is 1. The van der Waals surface area contributed by atoms with Crippen molar-refractivity contribution in [2.75, 3.05) is 18.1 Å². The van der Waals surface area contributed by atoms with Crippen LogP contribution in [0.25, 0.3) is 32.9 Å². The number of benzene rings is 3. The molecule has 0 aliphatic carbocycles. The highest BCUT2D eigenvalue weighted by Gasteiger charge is 2.38. The van der Waals surface area contributed by atoms with Gasteiger partial charge in [-0.3, -0.25) is 14.5 Å². The van der Waals surface area contributed by atoms with E-state index in [1.807, 2.05) is 106 Å². The van der Waals surface area contributed by atoms with E-state index in [1.165, 1.54) is 0 Å². The van der Waals surface area contributed by atoms with Gasteiger partial charge in [0.05, 0.1) is 46.3 Å². The van der Waals surface area contributed by atoms with Gasteiger partial charge >= 0.3 is 5.97 Å². The molecule has 57 heavy (non-hydrogen) atoms. The quantitative estimate of drug-likeness (QED) is 0.138. The zero-order chi connectivity index (χ0) is 40.4. The van der Waals surface area contributed by atoms with E-state index in [1.54, 1.807) is 16.8 Å². The van der Waals surface area contributed by atoms with E-state index in [2.05, 4.69) is 16.5 Å². The van der Waals surface area contributed by atoms with E-state index >= 15 is 4.79 Å². The highest BCUT2D eigenvalue weighted by molar-refractivity contribution is 6.35. The van der Waals surface area contributed by atoms with Crippen molar-refractivity contribution in [2.24, 2.45) is 7.05 Å². The molecule has 0 fully saturated rings. The normalized spacial score (nSPS) is 14.2. The van der Waals surface area contributed by atoms with E-state index in [-0.39, 0.29) is 24.2 Å². The molecule has 8 rings (SSSR count). The fraction of sp³-hybridized carbons (Fsp3) is 0.289. The Balaban J connectivity index is 1.28. The zero-order valence-electron chi connectivity index (χ0n) is 33.1. The summed E-state index contributed by atoms with van der Waals surface area (Å²) in [7, 11) is 1.92. The van der Waals surface area contributed by atoms with Gasteiger partial charge in [0.15, 0.2) is 0 Å². The van der Waals surface area contributed by atoms with Crippen LogP contribution in [0.1, 0.15) is 79.7 Å². The lowest BCUT2D eigenvalue weighted by Gasteiger charge is -2.35. The lowest BCUT2D eigenvalue weighted by atomic mass is 9.98. The van der Waals surface area contributed by atoms with Crippen LogP contribution in [0.4, 0.5) is 5.69 Å². The smallest absolute Gasteiger partial charge is 0.352 e. The van der Waals surface area contributed by atoms with Gasteiger partial charge in [-0.2, -0.15) is 5.10 Å². The summed E-state index contributed by atoms with van der Waals surface area (Å²) in [5.74, 6) is -0.471. The number of aryl methyl sites for hydroxylation is 6. The van der Waals surface area contributed by atoms with Gasteiger partial charge in [0, 0.05) is 58.4 Å². The molecule has 1 N–H and O–H groups in total. The molecule has 292 valence electrons. The van der Waals surface area contributed by atoms with Gasteiger partial charge in [0.1, 0.15) is 17.1 Å². The lowest BCUT2D eigenvalue weighted by Crippen LogP contribution is -2.43. The molecule has 0 spiro atoms. The van der Waals surface area contributed by atoms with Gasteiger partial charge in [-0.25, -0.2) is 4.79 Å². The van der Waals surface area contributed by atoms with Crippen molar-refractivity contribution in [3.63, 3.8) is 0 Å². The highest BCUT2D eigenvalue weighted by atomic mass is 35.5. The number of carboxylic acids is 1. The van der Waals surface area contributed by atoms with Gasteiger partial charge in [-0.1, -0.05) is 47.5 Å². The van der Waals surface area contributed by atoms with Crippen molar-refractivity contribution in [3.8, 4) is 16.9 Å². The molecule has 0 radical (unpaired) electrons. The average Bonchev–Trinajstić information content (AvgIpc) is 3.80. The molecule has 1 amide bonds. The first-order valence-electron chi connectivity index (χ1n) is 19.1. The summed E-state index contributed by atoms with van der Waals surface area (Å²) in [4.78, 5) is 34.4. The average molecular weight is 804 g/mol. The number of halogens is 2. The molecule has 12 heteroatoms. The van der Waals surface area contributed by atoms with Crippen LogP contribution in [0.3, 0.4) is 0 Å². The maximum absolute atomic E-state index is 15.4. The zero-order valence-corrected chi connectivity index (χ0v) is 34.6. The molecule has 0 saturated carbocycles. The molecule has 5 heterocycles. The number of hydrogen-bond donors (Lipinski definition) is 1. The minimum Gasteiger partial charge on any atom is -0.494 e. The first-order chi connectivity index (χ1) is 27.2. The molecule has 0 saturated heterocycles. The molecular weight excluding hydrogens is 759 g/mol. The first-order valence-corrected chi connectivity index (χ1v) is 19.8. The van der Waals surface area contributed by atoms with Crippen molar-refractivity contribution in [2.45, 2.75) is 67.0 Å². The van der Waals surface area contributed by atoms with Gasteiger partial charge in [-0.15, -0.1) is 0 Å². The third-order valence-corrected chi connectivity index (χ3v) is 12.2. The monoisotopic (exact) mass is 802 g/mol. The summed E-state index contributed by atoms with van der Waals surface area (Å²) in [5, 5.41) is 18.1. The number of anilines is 1. The third-order valence-electron chi connectivity index (χ3n) is 11.3. The van der Waals surface area contributed by atoms with Gasteiger partial charge in [0.25, 0.3) is 5.91 Å². The number of ether oxygens (including phenoxy) is 1. The Morgan fingerprint density at radius 3 is 2.39 bits per heavy atom. The van der Waals surface area contributed by atoms with E-state index < -0.39 is 5.97 Å². The van der Waals surface area contributed by atoms with Crippen molar-refractivity contribution in [1.29, 1.82) is 0 Å². The van der Waals surface area contributed by atoms with Gasteiger partial charge < -0.3 is 23.9 Å². The Morgan fingerprint density at radius 2 is 1.72 bits per heavy atom. The first kappa shape index (κ1) is 38.3. The molecule has 4 aromatic heterocycles. The van der Waals surface area contributed by atoms with Crippen LogP contribution in [0.2, 0.25) is 10.0 Å². The maximum Gasteiger partial charge on any atom is 0.352 e. The SMILES string of the molecule is Cc1ccc(Cn2c(C(=O)O)cc3cccc(N4CC(C)n5c(c(CCCOc6cc(C)c(Cl)c(C)c6)c6ccc(Cl)c(-c7c(C)nn(C)c7C)c65)C4=O)c32)nc1. The molecule has 10 nitrogen and oxygen atoms in total. The second-order valence-electron chi connectivity index (χ2n) is 15.2. The standard InChI is InChI=1S/C45H44Cl2N6O4/c1-24-13-14-31(48-21-24)23-51-37(45(55)56)20-30-10-8-12-36(41(30)51)52-22-27(4)53-42-34(15-16-35(46)39(42)38-28(5)49-50(7)29(38)6)33(43(53)44(52)54)11-9-17-57-32-18-25(2)40(47)26(3)19-32/h8,10,12-16,18-21,27H,9,11,17,22-23H2,1-7H3,(H,55,56). The number of aromatic carboxylic acids is 1. The number of hydrogen-bond acceptors (Lipinski definition) is 5. The number of carbonyl (C=O) groups is 2. The van der Waals surface area contributed by atoms with Crippen LogP contribution in [-0.4, -0.2) is 54.0 Å². The molecule has 3 aromatic carbocycles. The number of aromatic nitrogens is 5. The summed E-state index contributed by atoms with van der Waals surface area (Å²) in [6.45, 7) is 13.0. The Bertz CT molecular complexity index is 2740. The third kappa shape index (κ3) is 6.54. The summed E-state index contributed by atoms with van der Waals surface area (Å²) in [6, 6.07) is 18.9. The second-order valence-corrected chi connectivity index (χ2v) is 16.0. The lowest BCUT2D eigenvalue weighted by molar-refractivity contribution is 0.0686. The molecule has 1 atom stereocenters. The Labute approximate surface area is 341 Å². The molecular formula is C45H44Cl2N6O4. The predicted molar refractivity (Wildman–Crippen MR) is 227 cm³/mol. The molecule has 7 aromatic rings. The summed E-state index contributed by atoms with van der Waals surface area (Å²) in [6.07, 6.45) is 2.98. The summed E-state index contributed by atoms with van der Waals surface area (Å²) in [5.41, 5.74) is 11.1. The van der Waals surface area contributed by atoms with Crippen LogP contribution in [0.15, 0.2) is 66.9 Å². The van der Waals surface area contributed by atoms with Gasteiger partial charge in [0.2, 0.25) is 0 Å². The number of fused-ring (bicyclic) bond motifs is 4. The van der Waals surface area contributed by atoms with Crippen LogP contribution < -0.4 is 9.64 Å². The van der Waals surface area contributed by atoms with Crippen LogP contribution >= 0.6 is 23.2 Å². The number of carboxylic acid groups (broad SMARTS) is 1. The summed E-state index contributed by atoms with van der Waals surface area (Å²) < 4.78 is 12.0. The van der Waals surface area contributed by atoms with Crippen molar-refractivity contribution in [1.82, 2.24) is 23.9 Å². The van der Waals surface area contributed by atoms with Crippen LogP contribution in [-0.2, 0) is 20.0 Å². The minimum atomic E-state index is -1.05. The maximum atomic E-state index is 15.4. The number of rotatable bonds is 10. The summed E-state index contributed by atoms with van der Waals surface area (Å²) >= 11 is 13.6. The molecule has 1 aliphatic heterocycles. The Kier molecular flexibility index (Phi) is 9.90. The van der Waals surface area contributed by atoms with Crippen molar-refractivity contribution >= 4 is 62.6 Å². The Morgan fingerprint density at radius 1 is 0.965 bits per heavy atom. The molecule has 1 unspecified atom stereocenters. The Hall–Kier alpha value is -5.58. The second kappa shape index (κ2) is 14.7. The predicted octanol–water partition coefficient (Wildman–Crippen LogP) is 10.2. The largest absolute Gasteiger partial charge is 0.494 e. The van der Waals surface area contributed by atoms with E-state index in [0.29, 0.717) is 53.6 Å². The fourth-order valence-electron chi connectivity index (χ4n) is 8.56. The number of pyridine rings is 1. The van der Waals surface area contributed by atoms with E-state index in [4.69, 9.17) is 33.0 Å². The number of amides is 1. The van der Waals surface area contributed by atoms with Crippen LogP contribution in [0.5, 0.6) is 5.75 Å². The van der Waals surface area contributed by atoms with Crippen LogP contribution in [0, 0.1) is 34.6 Å². The van der Waals surface area contributed by atoms with Gasteiger partial charge in [-0.05, 0) is 113 Å². The van der Waals surface area contributed by atoms with Crippen molar-refractivity contribution < 1.29 is 19.4 Å².